The Bertz CT molecular complexity index is 500. The predicted octanol–water partition coefficient (Wildman–Crippen LogP) is 4.12. The summed E-state index contributed by atoms with van der Waals surface area (Å²) in [7, 11) is 0. The number of aryl methyl sites for hydroxylation is 2. The molecule has 94 valence electrons. The van der Waals surface area contributed by atoms with Crippen molar-refractivity contribution in [2.24, 2.45) is 0 Å². The molecule has 0 saturated heterocycles. The molecule has 0 aliphatic heterocycles. The Balaban J connectivity index is 1.99. The summed E-state index contributed by atoms with van der Waals surface area (Å²) in [5.41, 5.74) is 4.99. The Morgan fingerprint density at radius 3 is 2.78 bits per heavy atom. The minimum atomic E-state index is 0.911. The normalized spacial score (nSPS) is 10.4. The Morgan fingerprint density at radius 2 is 2.11 bits per heavy atom. The van der Waals surface area contributed by atoms with Crippen LogP contribution in [0.25, 0.3) is 0 Å². The molecule has 0 radical (unpaired) electrons. The van der Waals surface area contributed by atoms with Crippen molar-refractivity contribution in [3.8, 4) is 0 Å². The first-order valence-electron chi connectivity index (χ1n) is 6.06. The van der Waals surface area contributed by atoms with Gasteiger partial charge < -0.3 is 5.32 Å². The van der Waals surface area contributed by atoms with Crippen LogP contribution in [0.15, 0.2) is 41.1 Å². The van der Waals surface area contributed by atoms with Gasteiger partial charge in [0.25, 0.3) is 0 Å². The molecular formula is C15H17BrN2. The van der Waals surface area contributed by atoms with E-state index in [0.717, 1.165) is 17.4 Å². The van der Waals surface area contributed by atoms with Crippen molar-refractivity contribution in [1.29, 1.82) is 0 Å². The summed E-state index contributed by atoms with van der Waals surface area (Å²) in [6.45, 7) is 5.15. The fourth-order valence-corrected chi connectivity index (χ4v) is 2.83. The Labute approximate surface area is 117 Å². The third-order valence-corrected chi connectivity index (χ3v) is 3.50. The second kappa shape index (κ2) is 6.01. The summed E-state index contributed by atoms with van der Waals surface area (Å²) >= 11 is 3.61. The van der Waals surface area contributed by atoms with E-state index in [1.807, 2.05) is 12.3 Å². The van der Waals surface area contributed by atoms with Crippen LogP contribution in [0, 0.1) is 13.8 Å². The molecule has 1 N–H and O–H groups in total. The molecule has 0 atom stereocenters. The van der Waals surface area contributed by atoms with Crippen molar-refractivity contribution in [1.82, 2.24) is 4.98 Å². The van der Waals surface area contributed by atoms with Crippen molar-refractivity contribution in [3.63, 3.8) is 0 Å². The molecule has 0 saturated carbocycles. The van der Waals surface area contributed by atoms with Gasteiger partial charge in [0.15, 0.2) is 0 Å². The molecular weight excluding hydrogens is 288 g/mol. The maximum atomic E-state index is 4.12. The highest BCUT2D eigenvalue weighted by Crippen LogP contribution is 2.27. The molecule has 0 unspecified atom stereocenters. The first kappa shape index (κ1) is 13.1. The van der Waals surface area contributed by atoms with Crippen LogP contribution in [0.1, 0.15) is 16.7 Å². The third-order valence-electron chi connectivity index (χ3n) is 2.87. The van der Waals surface area contributed by atoms with Crippen LogP contribution in [0.3, 0.4) is 0 Å². The summed E-state index contributed by atoms with van der Waals surface area (Å²) in [5, 5.41) is 3.48. The lowest BCUT2D eigenvalue weighted by molar-refractivity contribution is 1.00. The van der Waals surface area contributed by atoms with Gasteiger partial charge in [-0.15, -0.1) is 0 Å². The molecule has 2 nitrogen and oxygen atoms in total. The van der Waals surface area contributed by atoms with Crippen LogP contribution in [-0.2, 0) is 6.42 Å². The van der Waals surface area contributed by atoms with Crippen LogP contribution >= 0.6 is 15.9 Å². The van der Waals surface area contributed by atoms with E-state index in [1.54, 1.807) is 6.20 Å². The summed E-state index contributed by atoms with van der Waals surface area (Å²) in [5.74, 6) is 0. The van der Waals surface area contributed by atoms with E-state index in [9.17, 15) is 0 Å². The SMILES string of the molecule is Cc1cc(C)c(NCCc2cccnc2)c(Br)c1. The highest BCUT2D eigenvalue weighted by atomic mass is 79.9. The van der Waals surface area contributed by atoms with Crippen molar-refractivity contribution in [2.75, 3.05) is 11.9 Å². The van der Waals surface area contributed by atoms with Gasteiger partial charge in [0.05, 0.1) is 5.69 Å². The Hall–Kier alpha value is -1.35. The van der Waals surface area contributed by atoms with Crippen LogP contribution < -0.4 is 5.32 Å². The molecule has 0 spiro atoms. The average Bonchev–Trinajstić information content (AvgIpc) is 2.34. The predicted molar refractivity (Wildman–Crippen MR) is 80.0 cm³/mol. The lowest BCUT2D eigenvalue weighted by Gasteiger charge is -2.12. The van der Waals surface area contributed by atoms with E-state index >= 15 is 0 Å². The van der Waals surface area contributed by atoms with E-state index in [1.165, 1.54) is 22.4 Å². The van der Waals surface area contributed by atoms with Gasteiger partial charge in [0, 0.05) is 23.4 Å². The van der Waals surface area contributed by atoms with Crippen molar-refractivity contribution < 1.29 is 0 Å². The van der Waals surface area contributed by atoms with E-state index in [0.29, 0.717) is 0 Å². The van der Waals surface area contributed by atoms with Crippen LogP contribution in [-0.4, -0.2) is 11.5 Å². The van der Waals surface area contributed by atoms with Crippen LogP contribution in [0.4, 0.5) is 5.69 Å². The van der Waals surface area contributed by atoms with Crippen LogP contribution in [0.5, 0.6) is 0 Å². The molecule has 0 bridgehead atoms. The highest BCUT2D eigenvalue weighted by molar-refractivity contribution is 9.10. The second-order valence-electron chi connectivity index (χ2n) is 4.48. The van der Waals surface area contributed by atoms with Crippen molar-refractivity contribution in [2.45, 2.75) is 20.3 Å². The quantitative estimate of drug-likeness (QED) is 0.919. The number of hydrogen-bond donors (Lipinski definition) is 1. The maximum Gasteiger partial charge on any atom is 0.0514 e. The summed E-state index contributed by atoms with van der Waals surface area (Å²) in [6, 6.07) is 8.41. The van der Waals surface area contributed by atoms with Gasteiger partial charge in [-0.05, 0) is 65.0 Å². The first-order chi connectivity index (χ1) is 8.66. The van der Waals surface area contributed by atoms with E-state index in [-0.39, 0.29) is 0 Å². The van der Waals surface area contributed by atoms with Gasteiger partial charge in [-0.1, -0.05) is 12.1 Å². The zero-order chi connectivity index (χ0) is 13.0. The largest absolute Gasteiger partial charge is 0.384 e. The monoisotopic (exact) mass is 304 g/mol. The molecule has 1 aromatic heterocycles. The number of hydrogen-bond acceptors (Lipinski definition) is 2. The third kappa shape index (κ3) is 3.33. The standard InChI is InChI=1S/C15H17BrN2/c1-11-8-12(2)15(14(16)9-11)18-7-5-13-4-3-6-17-10-13/h3-4,6,8-10,18H,5,7H2,1-2H3. The Kier molecular flexibility index (Phi) is 4.37. The van der Waals surface area contributed by atoms with Crippen molar-refractivity contribution >= 4 is 21.6 Å². The van der Waals surface area contributed by atoms with Gasteiger partial charge in [-0.3, -0.25) is 4.98 Å². The first-order valence-corrected chi connectivity index (χ1v) is 6.85. The summed E-state index contributed by atoms with van der Waals surface area (Å²) in [4.78, 5) is 4.12. The van der Waals surface area contributed by atoms with Gasteiger partial charge in [-0.2, -0.15) is 0 Å². The topological polar surface area (TPSA) is 24.9 Å². The molecule has 3 heteroatoms. The van der Waals surface area contributed by atoms with Gasteiger partial charge >= 0.3 is 0 Å². The number of rotatable bonds is 4. The number of benzene rings is 1. The number of pyridine rings is 1. The highest BCUT2D eigenvalue weighted by Gasteiger charge is 2.04. The lowest BCUT2D eigenvalue weighted by atomic mass is 10.1. The minimum absolute atomic E-state index is 0.911. The Morgan fingerprint density at radius 1 is 1.28 bits per heavy atom. The van der Waals surface area contributed by atoms with E-state index in [4.69, 9.17) is 0 Å². The smallest absolute Gasteiger partial charge is 0.0514 e. The fourth-order valence-electron chi connectivity index (χ4n) is 2.02. The zero-order valence-electron chi connectivity index (χ0n) is 10.7. The average molecular weight is 305 g/mol. The summed E-state index contributed by atoms with van der Waals surface area (Å²) < 4.78 is 1.13. The summed E-state index contributed by atoms with van der Waals surface area (Å²) in [6.07, 6.45) is 4.70. The molecule has 18 heavy (non-hydrogen) atoms. The molecule has 2 rings (SSSR count). The molecule has 0 amide bonds. The van der Waals surface area contributed by atoms with Gasteiger partial charge in [0.2, 0.25) is 0 Å². The van der Waals surface area contributed by atoms with Crippen LogP contribution in [0.2, 0.25) is 0 Å². The molecule has 0 aliphatic rings. The number of anilines is 1. The molecule has 0 aliphatic carbocycles. The number of nitrogens with one attached hydrogen (secondary N) is 1. The lowest BCUT2D eigenvalue weighted by Crippen LogP contribution is -2.07. The van der Waals surface area contributed by atoms with E-state index < -0.39 is 0 Å². The fraction of sp³-hybridized carbons (Fsp3) is 0.267. The second-order valence-corrected chi connectivity index (χ2v) is 5.33. The molecule has 1 heterocycles. The molecule has 1 aromatic carbocycles. The number of aromatic nitrogens is 1. The number of halogens is 1. The van der Waals surface area contributed by atoms with Crippen molar-refractivity contribution in [3.05, 3.63) is 57.8 Å². The van der Waals surface area contributed by atoms with Gasteiger partial charge in [-0.25, -0.2) is 0 Å². The van der Waals surface area contributed by atoms with E-state index in [2.05, 4.69) is 58.3 Å². The molecule has 2 aromatic rings. The zero-order valence-corrected chi connectivity index (χ0v) is 12.3. The number of nitrogens with zero attached hydrogens (tertiary/aromatic N) is 1. The maximum absolute atomic E-state index is 4.12. The minimum Gasteiger partial charge on any atom is -0.384 e. The molecule has 0 fully saturated rings. The van der Waals surface area contributed by atoms with Gasteiger partial charge in [0.1, 0.15) is 0 Å².